The highest BCUT2D eigenvalue weighted by molar-refractivity contribution is 5.13. The van der Waals surface area contributed by atoms with Gasteiger partial charge in [-0.1, -0.05) is 13.8 Å². The molecule has 0 N–H and O–H groups in total. The molecular formula is C10H16O3. The van der Waals surface area contributed by atoms with Crippen LogP contribution in [0.3, 0.4) is 0 Å². The van der Waals surface area contributed by atoms with Crippen LogP contribution in [0.2, 0.25) is 0 Å². The van der Waals surface area contributed by atoms with Gasteiger partial charge < -0.3 is 14.2 Å². The van der Waals surface area contributed by atoms with Gasteiger partial charge in [-0.05, 0) is 18.8 Å². The largest absolute Gasteiger partial charge is 0.368 e. The second-order valence-corrected chi connectivity index (χ2v) is 4.77. The lowest BCUT2D eigenvalue weighted by Crippen LogP contribution is -2.52. The van der Waals surface area contributed by atoms with Gasteiger partial charge in [-0.15, -0.1) is 0 Å². The Morgan fingerprint density at radius 2 is 1.92 bits per heavy atom. The number of rotatable bonds is 0. The lowest BCUT2D eigenvalue weighted by Gasteiger charge is -2.36. The monoisotopic (exact) mass is 184 g/mol. The van der Waals surface area contributed by atoms with Gasteiger partial charge in [-0.2, -0.15) is 0 Å². The molecule has 3 rings (SSSR count). The van der Waals surface area contributed by atoms with E-state index in [1.165, 1.54) is 0 Å². The molecule has 6 atom stereocenters. The van der Waals surface area contributed by atoms with Crippen LogP contribution in [0.5, 0.6) is 0 Å². The minimum Gasteiger partial charge on any atom is -0.368 e. The van der Waals surface area contributed by atoms with E-state index >= 15 is 0 Å². The average molecular weight is 184 g/mol. The molecule has 0 amide bonds. The van der Waals surface area contributed by atoms with Crippen molar-refractivity contribution in [3.8, 4) is 0 Å². The van der Waals surface area contributed by atoms with Crippen LogP contribution in [0.25, 0.3) is 0 Å². The third-order valence-corrected chi connectivity index (χ3v) is 4.17. The lowest BCUT2D eigenvalue weighted by atomic mass is 9.72. The van der Waals surface area contributed by atoms with Crippen molar-refractivity contribution in [3.05, 3.63) is 0 Å². The predicted molar refractivity (Wildman–Crippen MR) is 46.2 cm³/mol. The Morgan fingerprint density at radius 1 is 1.15 bits per heavy atom. The minimum atomic E-state index is -0.170. The molecule has 2 bridgehead atoms. The summed E-state index contributed by atoms with van der Waals surface area (Å²) in [5, 5.41) is 0. The molecule has 0 aromatic rings. The van der Waals surface area contributed by atoms with Gasteiger partial charge in [-0.3, -0.25) is 0 Å². The summed E-state index contributed by atoms with van der Waals surface area (Å²) in [5.41, 5.74) is -0.170. The molecule has 3 fully saturated rings. The quantitative estimate of drug-likeness (QED) is 0.565. The zero-order valence-electron chi connectivity index (χ0n) is 8.32. The lowest BCUT2D eigenvalue weighted by molar-refractivity contribution is -0.0798. The summed E-state index contributed by atoms with van der Waals surface area (Å²) >= 11 is 0. The van der Waals surface area contributed by atoms with Crippen molar-refractivity contribution in [2.24, 2.45) is 11.8 Å². The van der Waals surface area contributed by atoms with Gasteiger partial charge in [0.05, 0.1) is 12.2 Å². The number of ether oxygens (including phenoxy) is 3. The SMILES string of the molecule is CC1C(C)C2OC1C1OCOC21C. The van der Waals surface area contributed by atoms with Crippen LogP contribution in [-0.4, -0.2) is 30.7 Å². The van der Waals surface area contributed by atoms with Gasteiger partial charge in [-0.25, -0.2) is 0 Å². The maximum Gasteiger partial charge on any atom is 0.148 e. The van der Waals surface area contributed by atoms with Crippen molar-refractivity contribution in [2.75, 3.05) is 6.79 Å². The van der Waals surface area contributed by atoms with Crippen LogP contribution >= 0.6 is 0 Å². The highest BCUT2D eigenvalue weighted by Crippen LogP contribution is 2.53. The smallest absolute Gasteiger partial charge is 0.148 e. The molecule has 0 aromatic heterocycles. The normalized spacial score (nSPS) is 64.4. The summed E-state index contributed by atoms with van der Waals surface area (Å²) in [6.07, 6.45) is 0.663. The molecule has 0 radical (unpaired) electrons. The van der Waals surface area contributed by atoms with Crippen molar-refractivity contribution >= 4 is 0 Å². The van der Waals surface area contributed by atoms with Gasteiger partial charge in [0, 0.05) is 0 Å². The van der Waals surface area contributed by atoms with Crippen molar-refractivity contribution in [3.63, 3.8) is 0 Å². The van der Waals surface area contributed by atoms with E-state index in [1.54, 1.807) is 0 Å². The van der Waals surface area contributed by atoms with Gasteiger partial charge in [0.2, 0.25) is 0 Å². The molecule has 0 spiro atoms. The van der Waals surface area contributed by atoms with Gasteiger partial charge in [0.25, 0.3) is 0 Å². The summed E-state index contributed by atoms with van der Waals surface area (Å²) in [6, 6.07) is 0. The Labute approximate surface area is 78.3 Å². The minimum absolute atomic E-state index is 0.170. The molecule has 3 aliphatic heterocycles. The van der Waals surface area contributed by atoms with Crippen molar-refractivity contribution in [1.29, 1.82) is 0 Å². The fourth-order valence-corrected chi connectivity index (χ4v) is 3.14. The van der Waals surface area contributed by atoms with Crippen LogP contribution in [0, 0.1) is 11.8 Å². The van der Waals surface area contributed by atoms with Crippen LogP contribution in [0.4, 0.5) is 0 Å². The zero-order valence-corrected chi connectivity index (χ0v) is 8.32. The molecule has 3 aliphatic rings. The Kier molecular flexibility index (Phi) is 1.43. The van der Waals surface area contributed by atoms with Gasteiger partial charge in [0.15, 0.2) is 0 Å². The molecule has 0 aromatic carbocycles. The molecule has 13 heavy (non-hydrogen) atoms. The molecule has 3 heteroatoms. The first-order valence-electron chi connectivity index (χ1n) is 5.05. The van der Waals surface area contributed by atoms with Crippen LogP contribution in [0.15, 0.2) is 0 Å². The van der Waals surface area contributed by atoms with Crippen molar-refractivity contribution < 1.29 is 14.2 Å². The fourth-order valence-electron chi connectivity index (χ4n) is 3.14. The Bertz CT molecular complexity index is 242. The van der Waals surface area contributed by atoms with E-state index in [0.29, 0.717) is 18.6 Å². The number of fused-ring (bicyclic) bond motifs is 5. The van der Waals surface area contributed by atoms with Gasteiger partial charge >= 0.3 is 0 Å². The Hall–Kier alpha value is -0.120. The predicted octanol–water partition coefficient (Wildman–Crippen LogP) is 1.17. The van der Waals surface area contributed by atoms with E-state index < -0.39 is 0 Å². The van der Waals surface area contributed by atoms with Gasteiger partial charge in [0.1, 0.15) is 18.5 Å². The van der Waals surface area contributed by atoms with E-state index in [9.17, 15) is 0 Å². The standard InChI is InChI=1S/C10H16O3/c1-5-6(2)8-10(3)9(7(5)13-8)11-4-12-10/h5-9H,4H2,1-3H3. The Morgan fingerprint density at radius 3 is 2.69 bits per heavy atom. The van der Waals surface area contributed by atoms with Crippen molar-refractivity contribution in [2.45, 2.75) is 44.7 Å². The fraction of sp³-hybridized carbons (Fsp3) is 1.00. The molecule has 74 valence electrons. The maximum absolute atomic E-state index is 5.92. The molecular weight excluding hydrogens is 168 g/mol. The highest BCUT2D eigenvalue weighted by Gasteiger charge is 2.66. The van der Waals surface area contributed by atoms with Crippen molar-refractivity contribution in [1.82, 2.24) is 0 Å². The third-order valence-electron chi connectivity index (χ3n) is 4.17. The molecule has 0 aliphatic carbocycles. The summed E-state index contributed by atoms with van der Waals surface area (Å²) in [4.78, 5) is 0. The first-order valence-corrected chi connectivity index (χ1v) is 5.05. The van der Waals surface area contributed by atoms with E-state index in [4.69, 9.17) is 14.2 Å². The Balaban J connectivity index is 1.99. The number of hydrogen-bond acceptors (Lipinski definition) is 3. The topological polar surface area (TPSA) is 27.7 Å². The van der Waals surface area contributed by atoms with E-state index in [-0.39, 0.29) is 23.9 Å². The third kappa shape index (κ3) is 0.767. The summed E-state index contributed by atoms with van der Waals surface area (Å²) in [7, 11) is 0. The molecule has 3 heterocycles. The summed E-state index contributed by atoms with van der Waals surface area (Å²) in [5.74, 6) is 1.19. The molecule has 0 saturated carbocycles. The highest BCUT2D eigenvalue weighted by atomic mass is 16.8. The summed E-state index contributed by atoms with van der Waals surface area (Å²) in [6.45, 7) is 7.06. The molecule has 3 saturated heterocycles. The van der Waals surface area contributed by atoms with Crippen LogP contribution < -0.4 is 0 Å². The molecule has 6 unspecified atom stereocenters. The van der Waals surface area contributed by atoms with E-state index in [2.05, 4.69) is 20.8 Å². The zero-order chi connectivity index (χ0) is 9.22. The first kappa shape index (κ1) is 8.21. The van der Waals surface area contributed by atoms with Crippen LogP contribution in [-0.2, 0) is 14.2 Å². The second-order valence-electron chi connectivity index (χ2n) is 4.77. The average Bonchev–Trinajstić information content (AvgIpc) is 2.64. The van der Waals surface area contributed by atoms with E-state index in [1.807, 2.05) is 0 Å². The first-order chi connectivity index (χ1) is 6.14. The summed E-state index contributed by atoms with van der Waals surface area (Å²) < 4.78 is 17.2. The second kappa shape index (κ2) is 2.27. The number of hydrogen-bond donors (Lipinski definition) is 0. The maximum atomic E-state index is 5.92. The molecule has 3 nitrogen and oxygen atoms in total. The van der Waals surface area contributed by atoms with Crippen LogP contribution in [0.1, 0.15) is 20.8 Å². The van der Waals surface area contributed by atoms with E-state index in [0.717, 1.165) is 0 Å².